The Balaban J connectivity index is 1.74. The number of hydrogen-bond acceptors (Lipinski definition) is 6. The zero-order valence-corrected chi connectivity index (χ0v) is 19.5. The smallest absolute Gasteiger partial charge is 0.227 e. The van der Waals surface area contributed by atoms with Crippen molar-refractivity contribution in [1.82, 2.24) is 4.90 Å². The number of ether oxygens (including phenoxy) is 3. The lowest BCUT2D eigenvalue weighted by Gasteiger charge is -2.39. The molecule has 7 heteroatoms. The molecule has 1 N–H and O–H groups in total. The maximum Gasteiger partial charge on any atom is 0.227 e. The first-order chi connectivity index (χ1) is 15.5. The highest BCUT2D eigenvalue weighted by Crippen LogP contribution is 2.35. The monoisotopic (exact) mass is 442 g/mol. The van der Waals surface area contributed by atoms with Gasteiger partial charge in [-0.25, -0.2) is 0 Å². The number of phenols is 1. The minimum absolute atomic E-state index is 0.113. The number of anilines is 1. The van der Waals surface area contributed by atoms with Crippen molar-refractivity contribution in [2.75, 3.05) is 39.3 Å². The number of carbonyl (C=O) groups excluding carboxylic acids is 1. The van der Waals surface area contributed by atoms with Gasteiger partial charge in [0.25, 0.3) is 0 Å². The topological polar surface area (TPSA) is 71.5 Å². The zero-order valence-electron chi connectivity index (χ0n) is 19.5. The largest absolute Gasteiger partial charge is 0.504 e. The van der Waals surface area contributed by atoms with Gasteiger partial charge < -0.3 is 24.2 Å². The first-order valence-corrected chi connectivity index (χ1v) is 11.1. The number of nitrogens with zero attached hydrogens (tertiary/aromatic N) is 2. The van der Waals surface area contributed by atoms with Gasteiger partial charge in [0.15, 0.2) is 23.0 Å². The van der Waals surface area contributed by atoms with E-state index < -0.39 is 0 Å². The lowest BCUT2D eigenvalue weighted by molar-refractivity contribution is -0.119. The Morgan fingerprint density at radius 2 is 1.72 bits per heavy atom. The number of rotatable bonds is 9. The predicted molar refractivity (Wildman–Crippen MR) is 125 cm³/mol. The number of piperidine rings is 1. The average Bonchev–Trinajstić information content (AvgIpc) is 2.81. The molecule has 1 saturated heterocycles. The van der Waals surface area contributed by atoms with Crippen LogP contribution in [0.2, 0.25) is 0 Å². The Morgan fingerprint density at radius 3 is 2.34 bits per heavy atom. The number of hydrogen-bond donors (Lipinski definition) is 1. The van der Waals surface area contributed by atoms with Gasteiger partial charge in [-0.15, -0.1) is 0 Å². The number of amides is 1. The molecule has 1 heterocycles. The summed E-state index contributed by atoms with van der Waals surface area (Å²) in [4.78, 5) is 17.3. The Labute approximate surface area is 190 Å². The number of benzene rings is 2. The van der Waals surface area contributed by atoms with Gasteiger partial charge in [0.2, 0.25) is 5.91 Å². The van der Waals surface area contributed by atoms with Gasteiger partial charge in [-0.05, 0) is 37.5 Å². The van der Waals surface area contributed by atoms with Crippen molar-refractivity contribution in [3.05, 3.63) is 42.0 Å². The summed E-state index contributed by atoms with van der Waals surface area (Å²) in [6.07, 6.45) is 3.02. The maximum absolute atomic E-state index is 13.1. The summed E-state index contributed by atoms with van der Waals surface area (Å²) >= 11 is 0. The van der Waals surface area contributed by atoms with Gasteiger partial charge in [-0.1, -0.05) is 19.1 Å². The van der Waals surface area contributed by atoms with E-state index in [-0.39, 0.29) is 17.7 Å². The normalized spacial score (nSPS) is 14.8. The summed E-state index contributed by atoms with van der Waals surface area (Å²) in [7, 11) is 4.76. The molecule has 0 unspecified atom stereocenters. The molecule has 1 aliphatic heterocycles. The lowest BCUT2D eigenvalue weighted by atomic mass is 10.0. The Kier molecular flexibility index (Phi) is 8.22. The molecule has 0 saturated carbocycles. The molecule has 0 aliphatic carbocycles. The van der Waals surface area contributed by atoms with Crippen LogP contribution in [0.1, 0.15) is 38.2 Å². The standard InChI is InChI=1S/C25H34N2O5/c1-5-7-24(28)27(20-10-11-21(30-2)23(16-20)32-4)19-12-14-26(15-13-19)17-18-8-6-9-22(31-3)25(18)29/h6,8-11,16,19,29H,5,7,12-15,17H2,1-4H3. The molecular weight excluding hydrogens is 408 g/mol. The van der Waals surface area contributed by atoms with Gasteiger partial charge in [0, 0.05) is 49.4 Å². The summed E-state index contributed by atoms with van der Waals surface area (Å²) in [5.41, 5.74) is 1.69. The molecule has 0 aromatic heterocycles. The van der Waals surface area contributed by atoms with E-state index in [0.29, 0.717) is 30.2 Å². The molecule has 3 rings (SSSR count). The van der Waals surface area contributed by atoms with Crippen LogP contribution in [0.3, 0.4) is 0 Å². The van der Waals surface area contributed by atoms with Crippen LogP contribution in [0.5, 0.6) is 23.0 Å². The van der Waals surface area contributed by atoms with Crippen LogP contribution in [-0.2, 0) is 11.3 Å². The van der Waals surface area contributed by atoms with Gasteiger partial charge in [0.1, 0.15) is 0 Å². The fourth-order valence-corrected chi connectivity index (χ4v) is 4.30. The van der Waals surface area contributed by atoms with Gasteiger partial charge in [-0.3, -0.25) is 9.69 Å². The third-order valence-corrected chi connectivity index (χ3v) is 6.00. The SMILES string of the molecule is CCCC(=O)N(c1ccc(OC)c(OC)c1)C1CCN(Cc2cccc(OC)c2O)CC1. The predicted octanol–water partition coefficient (Wildman–Crippen LogP) is 4.22. The molecule has 0 bridgehead atoms. The number of carbonyl (C=O) groups is 1. The molecular formula is C25H34N2O5. The van der Waals surface area contributed by atoms with Crippen LogP contribution in [0.4, 0.5) is 5.69 Å². The van der Waals surface area contributed by atoms with Crippen molar-refractivity contribution in [2.45, 2.75) is 45.2 Å². The molecule has 1 fully saturated rings. The van der Waals surface area contributed by atoms with Crippen molar-refractivity contribution in [1.29, 1.82) is 0 Å². The lowest BCUT2D eigenvalue weighted by Crippen LogP contribution is -2.47. The molecule has 1 aliphatic rings. The van der Waals surface area contributed by atoms with Crippen LogP contribution in [0.25, 0.3) is 0 Å². The fraction of sp³-hybridized carbons (Fsp3) is 0.480. The highest BCUT2D eigenvalue weighted by atomic mass is 16.5. The van der Waals surface area contributed by atoms with E-state index in [2.05, 4.69) is 4.90 Å². The van der Waals surface area contributed by atoms with Crippen LogP contribution in [0, 0.1) is 0 Å². The molecule has 0 radical (unpaired) electrons. The second-order valence-electron chi connectivity index (χ2n) is 8.03. The van der Waals surface area contributed by atoms with E-state index in [1.54, 1.807) is 27.4 Å². The second kappa shape index (κ2) is 11.1. The summed E-state index contributed by atoms with van der Waals surface area (Å²) in [6.45, 7) is 4.35. The van der Waals surface area contributed by atoms with Crippen molar-refractivity contribution in [3.63, 3.8) is 0 Å². The first kappa shape index (κ1) is 23.7. The van der Waals surface area contributed by atoms with Crippen molar-refractivity contribution < 1.29 is 24.1 Å². The molecule has 32 heavy (non-hydrogen) atoms. The maximum atomic E-state index is 13.1. The second-order valence-corrected chi connectivity index (χ2v) is 8.03. The zero-order chi connectivity index (χ0) is 23.1. The minimum atomic E-state index is 0.113. The molecule has 2 aromatic rings. The highest BCUT2D eigenvalue weighted by Gasteiger charge is 2.29. The fourth-order valence-electron chi connectivity index (χ4n) is 4.30. The van der Waals surface area contributed by atoms with Crippen molar-refractivity contribution >= 4 is 11.6 Å². The minimum Gasteiger partial charge on any atom is -0.504 e. The number of para-hydroxylation sites is 1. The summed E-state index contributed by atoms with van der Waals surface area (Å²) < 4.78 is 16.0. The number of aromatic hydroxyl groups is 1. The first-order valence-electron chi connectivity index (χ1n) is 11.1. The third-order valence-electron chi connectivity index (χ3n) is 6.00. The Morgan fingerprint density at radius 1 is 1.03 bits per heavy atom. The van der Waals surface area contributed by atoms with Gasteiger partial charge >= 0.3 is 0 Å². The quantitative estimate of drug-likeness (QED) is 0.627. The Bertz CT molecular complexity index is 909. The third kappa shape index (κ3) is 5.27. The molecule has 2 aromatic carbocycles. The molecule has 0 atom stereocenters. The molecule has 0 spiro atoms. The summed E-state index contributed by atoms with van der Waals surface area (Å²) in [5.74, 6) is 2.07. The molecule has 1 amide bonds. The number of phenolic OH excluding ortho intramolecular Hbond substituents is 1. The highest BCUT2D eigenvalue weighted by molar-refractivity contribution is 5.94. The number of methoxy groups -OCH3 is 3. The van der Waals surface area contributed by atoms with E-state index >= 15 is 0 Å². The Hall–Kier alpha value is -2.93. The van der Waals surface area contributed by atoms with Crippen LogP contribution < -0.4 is 19.1 Å². The van der Waals surface area contributed by atoms with E-state index in [4.69, 9.17) is 14.2 Å². The number of likely N-dealkylation sites (tertiary alicyclic amines) is 1. The van der Waals surface area contributed by atoms with Crippen LogP contribution >= 0.6 is 0 Å². The van der Waals surface area contributed by atoms with E-state index in [0.717, 1.165) is 43.6 Å². The van der Waals surface area contributed by atoms with Crippen molar-refractivity contribution in [3.8, 4) is 23.0 Å². The molecule has 7 nitrogen and oxygen atoms in total. The van der Waals surface area contributed by atoms with Gasteiger partial charge in [-0.2, -0.15) is 0 Å². The van der Waals surface area contributed by atoms with Gasteiger partial charge in [0.05, 0.1) is 21.3 Å². The van der Waals surface area contributed by atoms with Crippen LogP contribution in [-0.4, -0.2) is 56.4 Å². The van der Waals surface area contributed by atoms with E-state index in [1.165, 1.54) is 0 Å². The summed E-state index contributed by atoms with van der Waals surface area (Å²) in [6, 6.07) is 11.3. The molecule has 174 valence electrons. The van der Waals surface area contributed by atoms with Crippen molar-refractivity contribution in [2.24, 2.45) is 0 Å². The van der Waals surface area contributed by atoms with E-state index in [1.807, 2.05) is 42.2 Å². The summed E-state index contributed by atoms with van der Waals surface area (Å²) in [5, 5.41) is 10.4. The van der Waals surface area contributed by atoms with Crippen LogP contribution in [0.15, 0.2) is 36.4 Å². The van der Waals surface area contributed by atoms with E-state index in [9.17, 15) is 9.90 Å². The average molecular weight is 443 g/mol.